The molecule has 0 spiro atoms. The molecule has 1 N–H and O–H groups in total. The number of rotatable bonds is 3. The minimum Gasteiger partial charge on any atom is -0.356 e. The Labute approximate surface area is 185 Å². The van der Waals surface area contributed by atoms with Gasteiger partial charge in [-0.25, -0.2) is 4.98 Å². The Balaban J connectivity index is 1.36. The second-order valence-corrected chi connectivity index (χ2v) is 8.75. The van der Waals surface area contributed by atoms with Gasteiger partial charge in [0, 0.05) is 0 Å². The summed E-state index contributed by atoms with van der Waals surface area (Å²) in [6.07, 6.45) is 4.08. The number of hydrogen-bond donors (Lipinski definition) is 1. The highest BCUT2D eigenvalue weighted by Gasteiger charge is 2.34. The van der Waals surface area contributed by atoms with Crippen LogP contribution in [0.25, 0.3) is 22.7 Å². The van der Waals surface area contributed by atoms with Crippen molar-refractivity contribution in [1.82, 2.24) is 23.6 Å². The van der Waals surface area contributed by atoms with E-state index in [4.69, 9.17) is 9.98 Å². The molecule has 7 nitrogen and oxygen atoms in total. The second-order valence-electron chi connectivity index (χ2n) is 7.25. The zero-order valence-electron chi connectivity index (χ0n) is 16.2. The average molecular weight is 445 g/mol. The molecule has 2 aromatic heterocycles. The van der Waals surface area contributed by atoms with Gasteiger partial charge < -0.3 is 5.32 Å². The predicted molar refractivity (Wildman–Crippen MR) is 125 cm³/mol. The third kappa shape index (κ3) is 3.17. The number of nitrogens with zero attached hydrogens (tertiary/aromatic N) is 5. The molecule has 0 saturated carbocycles. The number of amidine groups is 1. The monoisotopic (exact) mass is 444 g/mol. The molecular weight excluding hydrogens is 428 g/mol. The molecule has 3 heterocycles. The number of nitrogens with one attached hydrogen (secondary N) is 1. The molecule has 152 valence electrons. The number of aromatic nitrogens is 4. The summed E-state index contributed by atoms with van der Waals surface area (Å²) in [4.78, 5) is 23.0. The lowest BCUT2D eigenvalue weighted by molar-refractivity contribution is 0.621. The van der Waals surface area contributed by atoms with Gasteiger partial charge in [-0.3, -0.25) is 14.4 Å². The van der Waals surface area contributed by atoms with Gasteiger partial charge in [0.1, 0.15) is 23.3 Å². The summed E-state index contributed by atoms with van der Waals surface area (Å²) in [5, 5.41) is 4.88. The van der Waals surface area contributed by atoms with Gasteiger partial charge in [0.2, 0.25) is 0 Å². The minimum absolute atomic E-state index is 0.0536. The van der Waals surface area contributed by atoms with Gasteiger partial charge in [0.05, 0.1) is 40.1 Å². The van der Waals surface area contributed by atoms with E-state index < -0.39 is 0 Å². The molecule has 1 aliphatic heterocycles. The fourth-order valence-corrected chi connectivity index (χ4v) is 5.34. The minimum atomic E-state index is -0.0662. The molecule has 0 bridgehead atoms. The van der Waals surface area contributed by atoms with E-state index in [2.05, 4.69) is 20.1 Å². The van der Waals surface area contributed by atoms with Crippen molar-refractivity contribution in [2.75, 3.05) is 0 Å². The molecule has 2 aliphatic rings. The molecule has 2 aromatic carbocycles. The van der Waals surface area contributed by atoms with Gasteiger partial charge in [-0.05, 0) is 30.3 Å². The summed E-state index contributed by atoms with van der Waals surface area (Å²) in [5.41, 5.74) is 3.26. The van der Waals surface area contributed by atoms with Gasteiger partial charge in [-0.15, -0.1) is 0 Å². The fourth-order valence-electron chi connectivity index (χ4n) is 3.90. The lowest BCUT2D eigenvalue weighted by atomic mass is 9.99. The molecule has 1 aliphatic carbocycles. The third-order valence-corrected chi connectivity index (χ3v) is 6.82. The largest absolute Gasteiger partial charge is 0.356 e. The Morgan fingerprint density at radius 1 is 1.06 bits per heavy atom. The maximum absolute atomic E-state index is 13.3. The summed E-state index contributed by atoms with van der Waals surface area (Å²) in [7, 11) is 0. The van der Waals surface area contributed by atoms with Crippen LogP contribution in [0.5, 0.6) is 0 Å². The summed E-state index contributed by atoms with van der Waals surface area (Å²) < 4.78 is 10.4. The predicted octanol–water partition coefficient (Wildman–Crippen LogP) is 3.57. The average Bonchev–Trinajstić information content (AvgIpc) is 3.44. The maximum atomic E-state index is 13.3. The normalized spacial score (nSPS) is 19.0. The number of thioether (sulfide) groups is 1. The third-order valence-electron chi connectivity index (χ3n) is 5.37. The molecule has 4 aromatic rings. The van der Waals surface area contributed by atoms with E-state index in [0.29, 0.717) is 22.5 Å². The van der Waals surface area contributed by atoms with Crippen molar-refractivity contribution in [3.05, 3.63) is 88.2 Å². The first kappa shape index (κ1) is 18.5. The Kier molecular flexibility index (Phi) is 4.43. The summed E-state index contributed by atoms with van der Waals surface area (Å²) in [6.45, 7) is 0. The SMILES string of the molecule is O=c1c2ccccc2nc(CSC2=N[C@@H]3c4nsnc4C=C[C@@H]3N2)n1-c1ccccc1. The highest BCUT2D eigenvalue weighted by molar-refractivity contribution is 8.13. The highest BCUT2D eigenvalue weighted by Crippen LogP contribution is 2.34. The fraction of sp³-hybridized carbons (Fsp3) is 0.136. The van der Waals surface area contributed by atoms with Crippen molar-refractivity contribution in [2.45, 2.75) is 17.8 Å². The Morgan fingerprint density at radius 2 is 1.90 bits per heavy atom. The molecule has 31 heavy (non-hydrogen) atoms. The molecule has 9 heteroatoms. The van der Waals surface area contributed by atoms with Crippen LogP contribution in [0.4, 0.5) is 0 Å². The van der Waals surface area contributed by atoms with Crippen molar-refractivity contribution in [3.63, 3.8) is 0 Å². The first-order valence-corrected chi connectivity index (χ1v) is 11.5. The van der Waals surface area contributed by atoms with E-state index in [1.807, 2.05) is 60.7 Å². The van der Waals surface area contributed by atoms with E-state index in [0.717, 1.165) is 22.2 Å². The van der Waals surface area contributed by atoms with Crippen molar-refractivity contribution in [3.8, 4) is 5.69 Å². The quantitative estimate of drug-likeness (QED) is 0.520. The highest BCUT2D eigenvalue weighted by atomic mass is 32.2. The van der Waals surface area contributed by atoms with Crippen LogP contribution in [0.3, 0.4) is 0 Å². The standard InChI is InChI=1S/C22H16N6OS2/c29-21-14-8-4-5-9-15(14)23-18(28(21)13-6-2-1-3-7-13)12-30-22-24-16-10-11-17-20(19(16)25-22)27-31-26-17/h1-11,16,19H,12H2,(H,24,25)/t16-,19-/m0/s1. The van der Waals surface area contributed by atoms with Crippen LogP contribution in [-0.4, -0.2) is 29.5 Å². The molecule has 6 rings (SSSR count). The molecule has 2 atom stereocenters. The van der Waals surface area contributed by atoms with Crippen LogP contribution >= 0.6 is 23.5 Å². The van der Waals surface area contributed by atoms with Crippen LogP contribution in [-0.2, 0) is 5.75 Å². The maximum Gasteiger partial charge on any atom is 0.265 e. The molecule has 0 unspecified atom stereocenters. The van der Waals surface area contributed by atoms with Crippen molar-refractivity contribution in [2.24, 2.45) is 4.99 Å². The molecule has 0 amide bonds. The molecular formula is C22H16N6OS2. The zero-order valence-corrected chi connectivity index (χ0v) is 17.8. The van der Waals surface area contributed by atoms with Crippen LogP contribution in [0.2, 0.25) is 0 Å². The lowest BCUT2D eigenvalue weighted by Gasteiger charge is -2.16. The number of benzene rings is 2. The van der Waals surface area contributed by atoms with Gasteiger partial charge >= 0.3 is 0 Å². The molecule has 0 fully saturated rings. The summed E-state index contributed by atoms with van der Waals surface area (Å²) >= 11 is 2.76. The van der Waals surface area contributed by atoms with Gasteiger partial charge in [0.15, 0.2) is 5.17 Å². The Hall–Kier alpha value is -3.30. The summed E-state index contributed by atoms with van der Waals surface area (Å²) in [6, 6.07) is 17.1. The zero-order chi connectivity index (χ0) is 20.8. The second kappa shape index (κ2) is 7.44. The number of aliphatic imine (C=N–C) groups is 1. The molecule has 0 saturated heterocycles. The van der Waals surface area contributed by atoms with Crippen LogP contribution < -0.4 is 10.9 Å². The Morgan fingerprint density at radius 3 is 2.81 bits per heavy atom. The summed E-state index contributed by atoms with van der Waals surface area (Å²) in [5.74, 6) is 1.19. The number of para-hydroxylation sites is 2. The van der Waals surface area contributed by atoms with Crippen molar-refractivity contribution >= 4 is 45.6 Å². The topological polar surface area (TPSA) is 85.1 Å². The van der Waals surface area contributed by atoms with E-state index >= 15 is 0 Å². The smallest absolute Gasteiger partial charge is 0.265 e. The Bertz CT molecular complexity index is 1410. The van der Waals surface area contributed by atoms with E-state index in [1.165, 1.54) is 11.7 Å². The van der Waals surface area contributed by atoms with Crippen LogP contribution in [0.1, 0.15) is 23.3 Å². The lowest BCUT2D eigenvalue weighted by Crippen LogP contribution is -2.30. The van der Waals surface area contributed by atoms with Gasteiger partial charge in [0.25, 0.3) is 5.56 Å². The van der Waals surface area contributed by atoms with Gasteiger partial charge in [-0.1, -0.05) is 48.2 Å². The van der Waals surface area contributed by atoms with Crippen molar-refractivity contribution < 1.29 is 0 Å². The van der Waals surface area contributed by atoms with E-state index in [9.17, 15) is 4.79 Å². The number of hydrogen-bond acceptors (Lipinski definition) is 8. The van der Waals surface area contributed by atoms with E-state index in [1.54, 1.807) is 16.3 Å². The van der Waals surface area contributed by atoms with Crippen LogP contribution in [0.15, 0.2) is 70.5 Å². The van der Waals surface area contributed by atoms with Gasteiger partial charge in [-0.2, -0.15) is 8.75 Å². The number of fused-ring (bicyclic) bond motifs is 4. The van der Waals surface area contributed by atoms with Crippen LogP contribution in [0, 0.1) is 0 Å². The first-order chi connectivity index (χ1) is 15.3. The van der Waals surface area contributed by atoms with E-state index in [-0.39, 0.29) is 17.6 Å². The first-order valence-electron chi connectivity index (χ1n) is 9.82. The van der Waals surface area contributed by atoms with Crippen molar-refractivity contribution in [1.29, 1.82) is 0 Å². The molecule has 0 radical (unpaired) electrons.